The van der Waals surface area contributed by atoms with Crippen LogP contribution in [0.4, 0.5) is 0 Å². The number of aliphatic carboxylic acids is 1. The van der Waals surface area contributed by atoms with Crippen molar-refractivity contribution in [3.63, 3.8) is 0 Å². The van der Waals surface area contributed by atoms with Gasteiger partial charge in [0.05, 0.1) is 12.0 Å². The van der Waals surface area contributed by atoms with Gasteiger partial charge in [0.15, 0.2) is 0 Å². The lowest BCUT2D eigenvalue weighted by atomic mass is 10.1. The number of carbonyl (C=O) groups excluding carboxylic acids is 1. The van der Waals surface area contributed by atoms with Crippen molar-refractivity contribution in [2.75, 3.05) is 0 Å². The second kappa shape index (κ2) is 5.33. The molecule has 0 aliphatic heterocycles. The first-order valence-corrected chi connectivity index (χ1v) is 4.95. The second-order valence-corrected chi connectivity index (χ2v) is 3.70. The Morgan fingerprint density at radius 1 is 1.62 bits per heavy atom. The second-order valence-electron chi connectivity index (χ2n) is 3.70. The molecule has 4 N–H and O–H groups in total. The van der Waals surface area contributed by atoms with Gasteiger partial charge in [0.2, 0.25) is 5.91 Å². The van der Waals surface area contributed by atoms with E-state index in [1.807, 2.05) is 0 Å². The minimum Gasteiger partial charge on any atom is -0.481 e. The zero-order valence-corrected chi connectivity index (χ0v) is 8.72. The van der Waals surface area contributed by atoms with Crippen molar-refractivity contribution < 1.29 is 14.7 Å². The van der Waals surface area contributed by atoms with E-state index in [1.165, 1.54) is 0 Å². The first kappa shape index (κ1) is 12.3. The first-order chi connectivity index (χ1) is 7.54. The average Bonchev–Trinajstić information content (AvgIpc) is 2.66. The van der Waals surface area contributed by atoms with Gasteiger partial charge in [0.1, 0.15) is 0 Å². The topological polar surface area (TPSA) is 92.4 Å². The van der Waals surface area contributed by atoms with E-state index < -0.39 is 17.9 Å². The molecule has 5 nitrogen and oxygen atoms in total. The molecule has 0 saturated heterocycles. The van der Waals surface area contributed by atoms with Gasteiger partial charge in [0, 0.05) is 12.5 Å². The Morgan fingerprint density at radius 2 is 2.31 bits per heavy atom. The molecule has 1 rings (SSSR count). The van der Waals surface area contributed by atoms with Gasteiger partial charge in [-0.1, -0.05) is 12.2 Å². The number of hydrogen-bond acceptors (Lipinski definition) is 3. The maximum Gasteiger partial charge on any atom is 0.310 e. The number of nitrogens with one attached hydrogen (secondary N) is 1. The number of carbonyl (C=O) groups is 2. The lowest BCUT2D eigenvalue weighted by molar-refractivity contribution is -0.140. The van der Waals surface area contributed by atoms with E-state index in [0.717, 1.165) is 0 Å². The summed E-state index contributed by atoms with van der Waals surface area (Å²) in [6, 6.07) is -1.00. The van der Waals surface area contributed by atoms with Crippen LogP contribution in [0.2, 0.25) is 0 Å². The molecule has 0 saturated carbocycles. The van der Waals surface area contributed by atoms with Crippen molar-refractivity contribution in [2.24, 2.45) is 11.7 Å². The summed E-state index contributed by atoms with van der Waals surface area (Å²) in [6.45, 7) is 0. The molecule has 3 unspecified atom stereocenters. The molecule has 0 bridgehead atoms. The summed E-state index contributed by atoms with van der Waals surface area (Å²) in [6.07, 6.45) is 8.81. The number of carboxylic acids is 1. The van der Waals surface area contributed by atoms with Crippen LogP contribution in [-0.2, 0) is 9.59 Å². The molecule has 0 heterocycles. The summed E-state index contributed by atoms with van der Waals surface area (Å²) in [7, 11) is 0. The lowest BCUT2D eigenvalue weighted by Gasteiger charge is -2.14. The maximum absolute atomic E-state index is 11.5. The fourth-order valence-electron chi connectivity index (χ4n) is 1.50. The van der Waals surface area contributed by atoms with Gasteiger partial charge in [-0.15, -0.1) is 12.3 Å². The van der Waals surface area contributed by atoms with Gasteiger partial charge in [-0.2, -0.15) is 0 Å². The van der Waals surface area contributed by atoms with Gasteiger partial charge in [0.25, 0.3) is 0 Å². The van der Waals surface area contributed by atoms with Crippen molar-refractivity contribution in [2.45, 2.75) is 24.9 Å². The molecular weight excluding hydrogens is 208 g/mol. The molecule has 5 heteroatoms. The van der Waals surface area contributed by atoms with Crippen molar-refractivity contribution in [1.29, 1.82) is 0 Å². The molecule has 1 amide bonds. The molecule has 0 fully saturated rings. The predicted octanol–water partition coefficient (Wildman–Crippen LogP) is -0.517. The number of carboxylic acid groups (broad SMARTS) is 1. The van der Waals surface area contributed by atoms with Gasteiger partial charge in [-0.05, 0) is 6.42 Å². The Bertz CT molecular complexity index is 357. The normalized spacial score (nSPS) is 24.8. The van der Waals surface area contributed by atoms with Crippen LogP contribution >= 0.6 is 0 Å². The average molecular weight is 222 g/mol. The van der Waals surface area contributed by atoms with Gasteiger partial charge in [-0.25, -0.2) is 0 Å². The van der Waals surface area contributed by atoms with E-state index in [9.17, 15) is 9.59 Å². The fourth-order valence-corrected chi connectivity index (χ4v) is 1.50. The molecule has 86 valence electrons. The van der Waals surface area contributed by atoms with Crippen LogP contribution in [0.5, 0.6) is 0 Å². The Morgan fingerprint density at radius 3 is 2.81 bits per heavy atom. The standard InChI is InChI=1S/C11H14N2O3/c1-2-3-9(12)10(14)13-8-5-4-7(6-8)11(15)16/h1,4-5,7-9H,3,6,12H2,(H,13,14)(H,15,16). The fraction of sp³-hybridized carbons (Fsp3) is 0.455. The predicted molar refractivity (Wildman–Crippen MR) is 58.2 cm³/mol. The highest BCUT2D eigenvalue weighted by Crippen LogP contribution is 2.17. The van der Waals surface area contributed by atoms with Crippen molar-refractivity contribution in [3.8, 4) is 12.3 Å². The Balaban J connectivity index is 2.41. The van der Waals surface area contributed by atoms with Gasteiger partial charge >= 0.3 is 5.97 Å². The number of hydrogen-bond donors (Lipinski definition) is 3. The van der Waals surface area contributed by atoms with E-state index in [1.54, 1.807) is 12.2 Å². The molecule has 0 radical (unpaired) electrons. The van der Waals surface area contributed by atoms with Crippen molar-refractivity contribution >= 4 is 11.9 Å². The summed E-state index contributed by atoms with van der Waals surface area (Å²) >= 11 is 0. The summed E-state index contributed by atoms with van der Waals surface area (Å²) < 4.78 is 0. The molecular formula is C11H14N2O3. The van der Waals surface area contributed by atoms with Crippen molar-refractivity contribution in [1.82, 2.24) is 5.32 Å². The van der Waals surface area contributed by atoms with E-state index >= 15 is 0 Å². The Labute approximate surface area is 93.7 Å². The van der Waals surface area contributed by atoms with E-state index in [2.05, 4.69) is 11.2 Å². The SMILES string of the molecule is C#CCC(N)C(=O)NC1C=CC(C(=O)O)C1. The smallest absolute Gasteiger partial charge is 0.310 e. The third-order valence-electron chi connectivity index (χ3n) is 2.40. The number of amides is 1. The van der Waals surface area contributed by atoms with E-state index in [4.69, 9.17) is 17.3 Å². The first-order valence-electron chi connectivity index (χ1n) is 4.95. The minimum absolute atomic E-state index is 0.171. The number of nitrogens with two attached hydrogens (primary N) is 1. The molecule has 1 aliphatic carbocycles. The number of rotatable bonds is 4. The van der Waals surface area contributed by atoms with Crippen LogP contribution in [0.25, 0.3) is 0 Å². The van der Waals surface area contributed by atoms with Crippen LogP contribution in [0.3, 0.4) is 0 Å². The summed E-state index contributed by atoms with van der Waals surface area (Å²) in [5.74, 6) is 0.533. The Hall–Kier alpha value is -1.80. The molecule has 0 aromatic carbocycles. The monoisotopic (exact) mass is 222 g/mol. The lowest BCUT2D eigenvalue weighted by Crippen LogP contribution is -2.44. The van der Waals surface area contributed by atoms with Crippen LogP contribution in [-0.4, -0.2) is 29.1 Å². The highest BCUT2D eigenvalue weighted by molar-refractivity contribution is 5.82. The summed E-state index contributed by atoms with van der Waals surface area (Å²) in [4.78, 5) is 22.1. The van der Waals surface area contributed by atoms with Crippen molar-refractivity contribution in [3.05, 3.63) is 12.2 Å². The highest BCUT2D eigenvalue weighted by Gasteiger charge is 2.26. The summed E-state index contributed by atoms with van der Waals surface area (Å²) in [5.41, 5.74) is 5.51. The molecule has 3 atom stereocenters. The van der Waals surface area contributed by atoms with Gasteiger partial charge < -0.3 is 16.2 Å². The molecule has 0 spiro atoms. The number of terminal acetylenes is 1. The highest BCUT2D eigenvalue weighted by atomic mass is 16.4. The maximum atomic E-state index is 11.5. The minimum atomic E-state index is -0.888. The van der Waals surface area contributed by atoms with Crippen LogP contribution in [0, 0.1) is 18.3 Å². The third kappa shape index (κ3) is 3.11. The van der Waals surface area contributed by atoms with Crippen LogP contribution in [0.1, 0.15) is 12.8 Å². The third-order valence-corrected chi connectivity index (χ3v) is 2.40. The molecule has 16 heavy (non-hydrogen) atoms. The Kier molecular flexibility index (Phi) is 4.09. The van der Waals surface area contributed by atoms with Crippen LogP contribution < -0.4 is 11.1 Å². The zero-order chi connectivity index (χ0) is 12.1. The van der Waals surface area contributed by atoms with E-state index in [0.29, 0.717) is 6.42 Å². The van der Waals surface area contributed by atoms with Gasteiger partial charge in [-0.3, -0.25) is 9.59 Å². The quantitative estimate of drug-likeness (QED) is 0.441. The zero-order valence-electron chi connectivity index (χ0n) is 8.72. The molecule has 0 aromatic heterocycles. The van der Waals surface area contributed by atoms with E-state index in [-0.39, 0.29) is 18.4 Å². The van der Waals surface area contributed by atoms with Crippen LogP contribution in [0.15, 0.2) is 12.2 Å². The molecule has 0 aromatic rings. The largest absolute Gasteiger partial charge is 0.481 e. The molecule has 1 aliphatic rings. The summed E-state index contributed by atoms with van der Waals surface area (Å²) in [5, 5.41) is 11.4.